The molecule has 2 aromatic rings. The molecule has 17 heavy (non-hydrogen) atoms. The van der Waals surface area contributed by atoms with Crippen LogP contribution < -0.4 is 0 Å². The predicted molar refractivity (Wildman–Crippen MR) is 61.0 cm³/mol. The Balaban J connectivity index is 2.34. The summed E-state index contributed by atoms with van der Waals surface area (Å²) < 4.78 is 13.6. The number of carbonyl (C=O) groups is 1. The Labute approximate surface area is 97.6 Å². The van der Waals surface area contributed by atoms with Gasteiger partial charge in [-0.05, 0) is 11.6 Å². The summed E-state index contributed by atoms with van der Waals surface area (Å²) in [6, 6.07) is 10.5. The first-order valence-electron chi connectivity index (χ1n) is 5.08. The van der Waals surface area contributed by atoms with Gasteiger partial charge in [0.1, 0.15) is 5.82 Å². The van der Waals surface area contributed by atoms with Crippen LogP contribution in [0.3, 0.4) is 0 Å². The van der Waals surface area contributed by atoms with Gasteiger partial charge in [-0.1, -0.05) is 30.3 Å². The Hall–Kier alpha value is -2.23. The van der Waals surface area contributed by atoms with Gasteiger partial charge in [0.15, 0.2) is 0 Å². The molecule has 0 aliphatic rings. The lowest BCUT2D eigenvalue weighted by Gasteiger charge is -2.03. The van der Waals surface area contributed by atoms with Gasteiger partial charge in [-0.3, -0.25) is 9.78 Å². The highest BCUT2D eigenvalue weighted by Crippen LogP contribution is 2.20. The summed E-state index contributed by atoms with van der Waals surface area (Å²) in [4.78, 5) is 14.3. The number of hydrogen-bond acceptors (Lipinski definition) is 2. The Morgan fingerprint density at radius 3 is 2.53 bits per heavy atom. The summed E-state index contributed by atoms with van der Waals surface area (Å²) in [6.45, 7) is 0. The molecule has 0 saturated carbocycles. The van der Waals surface area contributed by atoms with E-state index in [0.29, 0.717) is 5.56 Å². The van der Waals surface area contributed by atoms with E-state index in [4.69, 9.17) is 5.11 Å². The standard InChI is InChI=1S/C13H10FNO2/c14-11-6-10(9-4-2-1-3-5-9)8-15-12(11)7-13(16)17/h1-6,8H,7H2,(H,16,17). The lowest BCUT2D eigenvalue weighted by Crippen LogP contribution is -2.05. The van der Waals surface area contributed by atoms with Gasteiger partial charge in [0.2, 0.25) is 0 Å². The van der Waals surface area contributed by atoms with Crippen molar-refractivity contribution in [2.24, 2.45) is 0 Å². The SMILES string of the molecule is O=C(O)Cc1ncc(-c2ccccc2)cc1F. The Bertz CT molecular complexity index is 540. The van der Waals surface area contributed by atoms with Crippen molar-refractivity contribution >= 4 is 5.97 Å². The third-order valence-corrected chi connectivity index (χ3v) is 2.34. The fourth-order valence-electron chi connectivity index (χ4n) is 1.53. The Kier molecular flexibility index (Phi) is 3.14. The molecule has 0 radical (unpaired) electrons. The fraction of sp³-hybridized carbons (Fsp3) is 0.0769. The number of aliphatic carboxylic acids is 1. The topological polar surface area (TPSA) is 50.2 Å². The number of carboxylic acid groups (broad SMARTS) is 1. The monoisotopic (exact) mass is 231 g/mol. The van der Waals surface area contributed by atoms with Crippen LogP contribution in [0.2, 0.25) is 0 Å². The summed E-state index contributed by atoms with van der Waals surface area (Å²) >= 11 is 0. The van der Waals surface area contributed by atoms with Crippen LogP contribution >= 0.6 is 0 Å². The number of halogens is 1. The molecule has 0 unspecified atom stereocenters. The number of nitrogens with zero attached hydrogens (tertiary/aromatic N) is 1. The minimum atomic E-state index is -1.09. The maximum Gasteiger partial charge on any atom is 0.309 e. The molecule has 0 aliphatic carbocycles. The molecule has 0 spiro atoms. The average Bonchev–Trinajstić information content (AvgIpc) is 2.32. The van der Waals surface area contributed by atoms with Crippen LogP contribution in [0.25, 0.3) is 11.1 Å². The van der Waals surface area contributed by atoms with Crippen LogP contribution in [0.4, 0.5) is 4.39 Å². The van der Waals surface area contributed by atoms with Crippen molar-refractivity contribution in [3.8, 4) is 11.1 Å². The molecule has 3 nitrogen and oxygen atoms in total. The van der Waals surface area contributed by atoms with Gasteiger partial charge in [0.05, 0.1) is 12.1 Å². The molecule has 1 N–H and O–H groups in total. The molecular weight excluding hydrogens is 221 g/mol. The first-order chi connectivity index (χ1) is 8.16. The zero-order valence-electron chi connectivity index (χ0n) is 8.93. The first-order valence-corrected chi connectivity index (χ1v) is 5.08. The maximum atomic E-state index is 13.6. The number of benzene rings is 1. The molecular formula is C13H10FNO2. The van der Waals surface area contributed by atoms with Crippen LogP contribution in [-0.2, 0) is 11.2 Å². The highest BCUT2D eigenvalue weighted by Gasteiger charge is 2.09. The molecule has 0 fully saturated rings. The van der Waals surface area contributed by atoms with Crippen molar-refractivity contribution in [2.75, 3.05) is 0 Å². The van der Waals surface area contributed by atoms with Crippen molar-refractivity contribution in [3.63, 3.8) is 0 Å². The van der Waals surface area contributed by atoms with Gasteiger partial charge in [0, 0.05) is 11.8 Å². The van der Waals surface area contributed by atoms with E-state index in [1.165, 1.54) is 12.3 Å². The second kappa shape index (κ2) is 4.74. The molecule has 2 rings (SSSR count). The van der Waals surface area contributed by atoms with Crippen LogP contribution in [0.15, 0.2) is 42.6 Å². The number of rotatable bonds is 3. The second-order valence-electron chi connectivity index (χ2n) is 3.59. The van der Waals surface area contributed by atoms with Gasteiger partial charge in [-0.25, -0.2) is 4.39 Å². The van der Waals surface area contributed by atoms with Crippen molar-refractivity contribution < 1.29 is 14.3 Å². The molecule has 0 atom stereocenters. The quantitative estimate of drug-likeness (QED) is 0.883. The van der Waals surface area contributed by atoms with Crippen LogP contribution in [0.5, 0.6) is 0 Å². The molecule has 0 amide bonds. The molecule has 86 valence electrons. The van der Waals surface area contributed by atoms with E-state index in [-0.39, 0.29) is 5.69 Å². The summed E-state index contributed by atoms with van der Waals surface area (Å²) in [5, 5.41) is 8.57. The molecule has 1 aromatic heterocycles. The van der Waals surface area contributed by atoms with Gasteiger partial charge in [-0.2, -0.15) is 0 Å². The summed E-state index contributed by atoms with van der Waals surface area (Å²) in [6.07, 6.45) is 1.08. The number of pyridine rings is 1. The van der Waals surface area contributed by atoms with E-state index >= 15 is 0 Å². The summed E-state index contributed by atoms with van der Waals surface area (Å²) in [5.41, 5.74) is 1.44. The minimum absolute atomic E-state index is 0.0443. The van der Waals surface area contributed by atoms with Gasteiger partial charge in [-0.15, -0.1) is 0 Å². The molecule has 1 heterocycles. The average molecular weight is 231 g/mol. The second-order valence-corrected chi connectivity index (χ2v) is 3.59. The Morgan fingerprint density at radius 1 is 1.24 bits per heavy atom. The zero-order chi connectivity index (χ0) is 12.3. The van der Waals surface area contributed by atoms with E-state index in [0.717, 1.165) is 5.56 Å². The van der Waals surface area contributed by atoms with Gasteiger partial charge < -0.3 is 5.11 Å². The van der Waals surface area contributed by atoms with E-state index in [9.17, 15) is 9.18 Å². The van der Waals surface area contributed by atoms with Crippen molar-refractivity contribution in [1.29, 1.82) is 0 Å². The molecule has 0 aliphatic heterocycles. The number of carboxylic acids is 1. The molecule has 4 heteroatoms. The largest absolute Gasteiger partial charge is 0.481 e. The van der Waals surface area contributed by atoms with E-state index < -0.39 is 18.2 Å². The highest BCUT2D eigenvalue weighted by molar-refractivity contribution is 5.70. The highest BCUT2D eigenvalue weighted by atomic mass is 19.1. The smallest absolute Gasteiger partial charge is 0.309 e. The Morgan fingerprint density at radius 2 is 1.94 bits per heavy atom. The lowest BCUT2D eigenvalue weighted by atomic mass is 10.1. The van der Waals surface area contributed by atoms with Crippen molar-refractivity contribution in [1.82, 2.24) is 4.98 Å². The zero-order valence-corrected chi connectivity index (χ0v) is 8.93. The first kappa shape index (κ1) is 11.3. The fourth-order valence-corrected chi connectivity index (χ4v) is 1.53. The summed E-state index contributed by atoms with van der Waals surface area (Å²) in [5.74, 6) is -1.68. The number of hydrogen-bond donors (Lipinski definition) is 1. The normalized spacial score (nSPS) is 10.2. The predicted octanol–water partition coefficient (Wildman–Crippen LogP) is 2.51. The molecule has 1 aromatic carbocycles. The van der Waals surface area contributed by atoms with Crippen LogP contribution in [-0.4, -0.2) is 16.1 Å². The van der Waals surface area contributed by atoms with E-state index in [2.05, 4.69) is 4.98 Å². The van der Waals surface area contributed by atoms with E-state index in [1.54, 1.807) is 0 Å². The number of aromatic nitrogens is 1. The molecule has 0 bridgehead atoms. The van der Waals surface area contributed by atoms with Crippen LogP contribution in [0, 0.1) is 5.82 Å². The third-order valence-electron chi connectivity index (χ3n) is 2.34. The summed E-state index contributed by atoms with van der Waals surface area (Å²) in [7, 11) is 0. The van der Waals surface area contributed by atoms with E-state index in [1.807, 2.05) is 30.3 Å². The minimum Gasteiger partial charge on any atom is -0.481 e. The van der Waals surface area contributed by atoms with Crippen molar-refractivity contribution in [3.05, 3.63) is 54.1 Å². The van der Waals surface area contributed by atoms with Crippen LogP contribution in [0.1, 0.15) is 5.69 Å². The van der Waals surface area contributed by atoms with Gasteiger partial charge in [0.25, 0.3) is 0 Å². The third kappa shape index (κ3) is 2.66. The maximum absolute atomic E-state index is 13.6. The lowest BCUT2D eigenvalue weighted by molar-refractivity contribution is -0.136. The van der Waals surface area contributed by atoms with Crippen molar-refractivity contribution in [2.45, 2.75) is 6.42 Å². The molecule has 0 saturated heterocycles. The van der Waals surface area contributed by atoms with Gasteiger partial charge >= 0.3 is 5.97 Å².